The molecule has 2 amide bonds. The maximum absolute atomic E-state index is 14.5. The summed E-state index contributed by atoms with van der Waals surface area (Å²) >= 11 is 0. The first-order valence-corrected chi connectivity index (χ1v) is 11.1. The molecule has 2 unspecified atom stereocenters. The van der Waals surface area contributed by atoms with Crippen molar-refractivity contribution >= 4 is 22.9 Å². The Morgan fingerprint density at radius 2 is 1.97 bits per heavy atom. The van der Waals surface area contributed by atoms with Crippen molar-refractivity contribution in [2.75, 3.05) is 31.6 Å². The van der Waals surface area contributed by atoms with Gasteiger partial charge in [0, 0.05) is 42.3 Å². The number of rotatable bonds is 4. The molecule has 3 aromatic rings. The van der Waals surface area contributed by atoms with Crippen LogP contribution in [0.4, 0.5) is 19.4 Å². The van der Waals surface area contributed by atoms with E-state index in [0.717, 1.165) is 31.7 Å². The molecule has 2 aliphatic rings. The summed E-state index contributed by atoms with van der Waals surface area (Å²) in [6.45, 7) is 2.28. The fourth-order valence-electron chi connectivity index (χ4n) is 4.44. The molecule has 0 radical (unpaired) electrons. The summed E-state index contributed by atoms with van der Waals surface area (Å²) in [6.07, 6.45) is 7.14. The molecular weight excluding hydrogens is 432 g/mol. The third-order valence-corrected chi connectivity index (χ3v) is 6.12. The maximum atomic E-state index is 14.5. The van der Waals surface area contributed by atoms with Crippen LogP contribution in [0.1, 0.15) is 25.7 Å². The highest BCUT2D eigenvalue weighted by Gasteiger charge is 2.27. The fourth-order valence-corrected chi connectivity index (χ4v) is 4.44. The van der Waals surface area contributed by atoms with E-state index in [4.69, 9.17) is 4.74 Å². The van der Waals surface area contributed by atoms with Gasteiger partial charge in [0.15, 0.2) is 17.5 Å². The average Bonchev–Trinajstić information content (AvgIpc) is 3.24. The van der Waals surface area contributed by atoms with Gasteiger partial charge in [-0.05, 0) is 31.7 Å². The highest BCUT2D eigenvalue weighted by molar-refractivity contribution is 5.91. The number of hydrogen-bond donors (Lipinski definition) is 3. The van der Waals surface area contributed by atoms with E-state index in [-0.39, 0.29) is 29.8 Å². The number of carbonyl (C=O) groups excluding carboxylic acids is 1. The van der Waals surface area contributed by atoms with Gasteiger partial charge >= 0.3 is 6.03 Å². The first-order chi connectivity index (χ1) is 16.1. The van der Waals surface area contributed by atoms with Crippen molar-refractivity contribution in [1.82, 2.24) is 30.2 Å². The van der Waals surface area contributed by atoms with Gasteiger partial charge in [0.05, 0.1) is 25.6 Å². The smallest absolute Gasteiger partial charge is 0.317 e. The Hall–Kier alpha value is -3.34. The van der Waals surface area contributed by atoms with Crippen molar-refractivity contribution in [2.24, 2.45) is 0 Å². The minimum Gasteiger partial charge on any atom is -0.378 e. The van der Waals surface area contributed by atoms with Crippen LogP contribution in [0.25, 0.3) is 22.4 Å². The standard InChI is InChI=1S/C22H25F2N7O2/c23-13-8-16-17(11-26-19(16)25-10-13)20-27-12-18(24)21(30-20)28-14-2-1-3-15(9-14)29-22(32)31-4-6-33-7-5-31/h8,10-12,14-15H,1-7,9H2,(H,25,26)(H,29,32)(H,27,28,30). The Balaban J connectivity index is 1.28. The van der Waals surface area contributed by atoms with E-state index in [1.54, 1.807) is 11.1 Å². The number of carbonyl (C=O) groups is 1. The number of morpholine rings is 1. The quantitative estimate of drug-likeness (QED) is 0.556. The number of H-pyrrole nitrogens is 1. The molecular formula is C22H25F2N7O2. The van der Waals surface area contributed by atoms with Gasteiger partial charge in [-0.25, -0.2) is 28.5 Å². The summed E-state index contributed by atoms with van der Waals surface area (Å²) in [5.41, 5.74) is 1.04. The Bertz CT molecular complexity index is 1150. The lowest BCUT2D eigenvalue weighted by Gasteiger charge is -2.33. The average molecular weight is 457 g/mol. The minimum atomic E-state index is -0.567. The summed E-state index contributed by atoms with van der Waals surface area (Å²) in [6, 6.07) is 1.21. The number of amides is 2. The number of pyridine rings is 1. The second kappa shape index (κ2) is 9.26. The third-order valence-electron chi connectivity index (χ3n) is 6.12. The van der Waals surface area contributed by atoms with E-state index < -0.39 is 11.6 Å². The van der Waals surface area contributed by atoms with Crippen molar-refractivity contribution in [3.05, 3.63) is 36.3 Å². The Labute approximate surface area is 189 Å². The number of fused-ring (bicyclic) bond motifs is 1. The monoisotopic (exact) mass is 457 g/mol. The first-order valence-electron chi connectivity index (χ1n) is 11.1. The van der Waals surface area contributed by atoms with Crippen LogP contribution in [0.3, 0.4) is 0 Å². The molecule has 11 heteroatoms. The van der Waals surface area contributed by atoms with Gasteiger partial charge in [0.1, 0.15) is 11.5 Å². The number of aromatic amines is 1. The molecule has 5 rings (SSSR count). The Morgan fingerprint density at radius 3 is 2.82 bits per heavy atom. The van der Waals surface area contributed by atoms with Crippen LogP contribution in [-0.2, 0) is 4.74 Å². The topological polar surface area (TPSA) is 108 Å². The van der Waals surface area contributed by atoms with Crippen LogP contribution in [0, 0.1) is 11.6 Å². The van der Waals surface area contributed by atoms with E-state index in [1.165, 1.54) is 6.07 Å². The summed E-state index contributed by atoms with van der Waals surface area (Å²) in [5, 5.41) is 6.80. The molecule has 1 aliphatic heterocycles. The summed E-state index contributed by atoms with van der Waals surface area (Å²) < 4.78 is 33.5. The van der Waals surface area contributed by atoms with Gasteiger partial charge < -0.3 is 25.3 Å². The molecule has 174 valence electrons. The molecule has 0 aromatic carbocycles. The number of aromatic nitrogens is 4. The van der Waals surface area contributed by atoms with Crippen molar-refractivity contribution in [3.8, 4) is 11.4 Å². The second-order valence-corrected chi connectivity index (χ2v) is 8.40. The largest absolute Gasteiger partial charge is 0.378 e. The van der Waals surface area contributed by atoms with Crippen LogP contribution >= 0.6 is 0 Å². The third kappa shape index (κ3) is 4.72. The number of halogens is 2. The van der Waals surface area contributed by atoms with E-state index in [2.05, 4.69) is 30.6 Å². The van der Waals surface area contributed by atoms with E-state index in [1.807, 2.05) is 0 Å². The SMILES string of the molecule is O=C(NC1CCCC(Nc2nc(-c3c[nH]c4ncc(F)cc34)ncc2F)C1)N1CCOCC1. The summed E-state index contributed by atoms with van der Waals surface area (Å²) in [7, 11) is 0. The van der Waals surface area contributed by atoms with E-state index >= 15 is 0 Å². The normalized spacial score (nSPS) is 21.2. The molecule has 33 heavy (non-hydrogen) atoms. The molecule has 2 atom stereocenters. The molecule has 3 aromatic heterocycles. The number of anilines is 1. The molecule has 1 saturated heterocycles. The van der Waals surface area contributed by atoms with Crippen molar-refractivity contribution < 1.29 is 18.3 Å². The fraction of sp³-hybridized carbons (Fsp3) is 0.455. The molecule has 4 heterocycles. The van der Waals surface area contributed by atoms with Crippen LogP contribution < -0.4 is 10.6 Å². The zero-order valence-electron chi connectivity index (χ0n) is 18.0. The number of hydrogen-bond acceptors (Lipinski definition) is 6. The van der Waals surface area contributed by atoms with E-state index in [0.29, 0.717) is 49.3 Å². The first kappa shape index (κ1) is 21.5. The molecule has 0 bridgehead atoms. The van der Waals surface area contributed by atoms with Gasteiger partial charge in [0.2, 0.25) is 0 Å². The second-order valence-electron chi connectivity index (χ2n) is 8.40. The lowest BCUT2D eigenvalue weighted by atomic mass is 9.91. The molecule has 9 nitrogen and oxygen atoms in total. The van der Waals surface area contributed by atoms with E-state index in [9.17, 15) is 13.6 Å². The maximum Gasteiger partial charge on any atom is 0.317 e. The summed E-state index contributed by atoms with van der Waals surface area (Å²) in [5.74, 6) is -0.687. The van der Waals surface area contributed by atoms with Crippen LogP contribution in [0.2, 0.25) is 0 Å². The molecule has 1 saturated carbocycles. The number of nitrogens with one attached hydrogen (secondary N) is 3. The molecule has 2 fully saturated rings. The zero-order valence-corrected chi connectivity index (χ0v) is 18.0. The molecule has 0 spiro atoms. The molecule has 1 aliphatic carbocycles. The molecule has 3 N–H and O–H groups in total. The summed E-state index contributed by atoms with van der Waals surface area (Å²) in [4.78, 5) is 29.7. The lowest BCUT2D eigenvalue weighted by Crippen LogP contribution is -2.51. The van der Waals surface area contributed by atoms with Gasteiger partial charge in [0.25, 0.3) is 0 Å². The lowest BCUT2D eigenvalue weighted by molar-refractivity contribution is 0.0521. The van der Waals surface area contributed by atoms with Crippen molar-refractivity contribution in [1.29, 1.82) is 0 Å². The highest BCUT2D eigenvalue weighted by Crippen LogP contribution is 2.28. The van der Waals surface area contributed by atoms with Crippen LogP contribution in [0.5, 0.6) is 0 Å². The highest BCUT2D eigenvalue weighted by atomic mass is 19.1. The predicted molar refractivity (Wildman–Crippen MR) is 118 cm³/mol. The van der Waals surface area contributed by atoms with Gasteiger partial charge in [-0.1, -0.05) is 0 Å². The minimum absolute atomic E-state index is 0.00127. The number of ether oxygens (including phenoxy) is 1. The van der Waals surface area contributed by atoms with Crippen molar-refractivity contribution in [2.45, 2.75) is 37.8 Å². The Morgan fingerprint density at radius 1 is 1.15 bits per heavy atom. The van der Waals surface area contributed by atoms with Gasteiger partial charge in [-0.3, -0.25) is 0 Å². The van der Waals surface area contributed by atoms with Gasteiger partial charge in [-0.2, -0.15) is 0 Å². The zero-order chi connectivity index (χ0) is 22.8. The van der Waals surface area contributed by atoms with Crippen LogP contribution in [0.15, 0.2) is 24.7 Å². The Kier molecular flexibility index (Phi) is 6.03. The van der Waals surface area contributed by atoms with Crippen molar-refractivity contribution in [3.63, 3.8) is 0 Å². The van der Waals surface area contributed by atoms with Crippen LogP contribution in [-0.4, -0.2) is 69.3 Å². The number of nitrogens with zero attached hydrogens (tertiary/aromatic N) is 4. The predicted octanol–water partition coefficient (Wildman–Crippen LogP) is 3.06. The number of urea groups is 1. The van der Waals surface area contributed by atoms with Gasteiger partial charge in [-0.15, -0.1) is 0 Å².